The number of rotatable bonds is 38. The Morgan fingerprint density at radius 2 is 0.706 bits per heavy atom. The average Bonchev–Trinajstić information content (AvgIpc) is 3.13. The summed E-state index contributed by atoms with van der Waals surface area (Å²) in [5.41, 5.74) is 0. The lowest BCUT2D eigenvalue weighted by molar-refractivity contribution is -0.167. The van der Waals surface area contributed by atoms with E-state index in [1.807, 2.05) is 0 Å². The SMILES string of the molecule is CCCCCCC/C=C\C/C=C\C/C=C\CCCCCCCCC(=O)OCC(COC(=O)CCCCCCCC)OC(=O)CCCCCCCC. The second-order valence-electron chi connectivity index (χ2n) is 14.3. The third kappa shape index (κ3) is 38.7. The van der Waals surface area contributed by atoms with Gasteiger partial charge < -0.3 is 14.2 Å². The molecule has 1 unspecified atom stereocenters. The summed E-state index contributed by atoms with van der Waals surface area (Å²) in [6.07, 6.45) is 44.6. The molecule has 0 fully saturated rings. The summed E-state index contributed by atoms with van der Waals surface area (Å²) in [6.45, 7) is 6.47. The van der Waals surface area contributed by atoms with Crippen molar-refractivity contribution >= 4 is 17.9 Å². The Labute approximate surface area is 315 Å². The predicted octanol–water partition coefficient (Wildman–Crippen LogP) is 13.4. The molecule has 6 heteroatoms. The third-order valence-corrected chi connectivity index (χ3v) is 9.15. The molecule has 0 aromatic rings. The van der Waals surface area contributed by atoms with Gasteiger partial charge in [-0.05, 0) is 57.8 Å². The molecule has 0 aromatic heterocycles. The number of ether oxygens (including phenoxy) is 3. The third-order valence-electron chi connectivity index (χ3n) is 9.15. The van der Waals surface area contributed by atoms with Crippen LogP contribution < -0.4 is 0 Å². The highest BCUT2D eigenvalue weighted by atomic mass is 16.6. The summed E-state index contributed by atoms with van der Waals surface area (Å²) in [5.74, 6) is -0.911. The van der Waals surface area contributed by atoms with Crippen molar-refractivity contribution in [2.24, 2.45) is 0 Å². The van der Waals surface area contributed by atoms with Crippen molar-refractivity contribution in [3.05, 3.63) is 36.5 Å². The maximum absolute atomic E-state index is 12.5. The quantitative estimate of drug-likeness (QED) is 0.0274. The van der Waals surface area contributed by atoms with E-state index in [9.17, 15) is 14.4 Å². The van der Waals surface area contributed by atoms with E-state index in [-0.39, 0.29) is 31.1 Å². The van der Waals surface area contributed by atoms with Crippen LogP contribution >= 0.6 is 0 Å². The minimum absolute atomic E-state index is 0.0764. The summed E-state index contributed by atoms with van der Waals surface area (Å²) in [6, 6.07) is 0. The van der Waals surface area contributed by atoms with E-state index in [2.05, 4.69) is 57.2 Å². The molecule has 0 spiro atoms. The predicted molar refractivity (Wildman–Crippen MR) is 215 cm³/mol. The Balaban J connectivity index is 4.11. The van der Waals surface area contributed by atoms with Gasteiger partial charge in [0.2, 0.25) is 0 Å². The first-order chi connectivity index (χ1) is 25.0. The molecule has 0 aliphatic rings. The maximum Gasteiger partial charge on any atom is 0.306 e. The van der Waals surface area contributed by atoms with Crippen LogP contribution in [-0.4, -0.2) is 37.2 Å². The van der Waals surface area contributed by atoms with Crippen molar-refractivity contribution in [1.29, 1.82) is 0 Å². The molecule has 0 rings (SSSR count). The number of allylic oxidation sites excluding steroid dienone is 6. The van der Waals surface area contributed by atoms with E-state index in [0.29, 0.717) is 19.3 Å². The van der Waals surface area contributed by atoms with Gasteiger partial charge in [-0.2, -0.15) is 0 Å². The van der Waals surface area contributed by atoms with Crippen molar-refractivity contribution in [1.82, 2.24) is 0 Å². The first-order valence-electron chi connectivity index (χ1n) is 21.5. The summed E-state index contributed by atoms with van der Waals surface area (Å²) in [4.78, 5) is 37.2. The average molecular weight is 717 g/mol. The summed E-state index contributed by atoms with van der Waals surface area (Å²) >= 11 is 0. The van der Waals surface area contributed by atoms with Gasteiger partial charge in [0.15, 0.2) is 6.10 Å². The molecule has 0 heterocycles. The Morgan fingerprint density at radius 3 is 1.10 bits per heavy atom. The monoisotopic (exact) mass is 717 g/mol. The highest BCUT2D eigenvalue weighted by Crippen LogP contribution is 2.13. The molecule has 1 atom stereocenters. The molecular weight excluding hydrogens is 636 g/mol. The van der Waals surface area contributed by atoms with Crippen molar-refractivity contribution in [2.45, 2.75) is 219 Å². The van der Waals surface area contributed by atoms with E-state index in [0.717, 1.165) is 77.0 Å². The van der Waals surface area contributed by atoms with Gasteiger partial charge >= 0.3 is 17.9 Å². The van der Waals surface area contributed by atoms with Crippen LogP contribution in [0.1, 0.15) is 213 Å². The number of hydrogen-bond donors (Lipinski definition) is 0. The van der Waals surface area contributed by atoms with Gasteiger partial charge in [0.05, 0.1) is 0 Å². The molecule has 6 nitrogen and oxygen atoms in total. The molecule has 0 radical (unpaired) electrons. The fourth-order valence-electron chi connectivity index (χ4n) is 5.86. The molecule has 0 aliphatic carbocycles. The topological polar surface area (TPSA) is 78.9 Å². The molecule has 0 aromatic carbocycles. The molecule has 0 saturated heterocycles. The minimum Gasteiger partial charge on any atom is -0.462 e. The minimum atomic E-state index is -0.767. The van der Waals surface area contributed by atoms with Crippen molar-refractivity contribution in [2.75, 3.05) is 13.2 Å². The Kier molecular flexibility index (Phi) is 38.5. The molecule has 0 saturated carbocycles. The molecule has 0 N–H and O–H groups in total. The molecule has 0 bridgehead atoms. The standard InChI is InChI=1S/C45H80O6/c1-4-7-10-13-16-17-18-19-20-21-22-23-24-25-26-27-28-29-30-33-35-38-44(47)50-41-42(51-45(48)39-36-32-15-12-9-6-3)40-49-43(46)37-34-31-14-11-8-5-2/h18-19,21-22,24-25,42H,4-17,20,23,26-41H2,1-3H3/b19-18-,22-21-,25-24-. The van der Waals surface area contributed by atoms with Crippen molar-refractivity contribution in [3.8, 4) is 0 Å². The molecule has 51 heavy (non-hydrogen) atoms. The van der Waals surface area contributed by atoms with Crippen LogP contribution in [0, 0.1) is 0 Å². The van der Waals surface area contributed by atoms with E-state index >= 15 is 0 Å². The van der Waals surface area contributed by atoms with Gasteiger partial charge in [-0.15, -0.1) is 0 Å². The van der Waals surface area contributed by atoms with E-state index in [1.165, 1.54) is 96.3 Å². The van der Waals surface area contributed by atoms with Gasteiger partial charge in [0, 0.05) is 19.3 Å². The van der Waals surface area contributed by atoms with Gasteiger partial charge in [-0.25, -0.2) is 0 Å². The Hall–Kier alpha value is -2.37. The van der Waals surface area contributed by atoms with Crippen LogP contribution in [0.3, 0.4) is 0 Å². The Bertz CT molecular complexity index is 876. The summed E-state index contributed by atoms with van der Waals surface area (Å²) in [5, 5.41) is 0. The van der Waals surface area contributed by atoms with Crippen LogP contribution in [0.15, 0.2) is 36.5 Å². The number of carbonyl (C=O) groups excluding carboxylic acids is 3. The lowest BCUT2D eigenvalue weighted by Crippen LogP contribution is -2.30. The largest absolute Gasteiger partial charge is 0.462 e. The first kappa shape index (κ1) is 48.6. The molecule has 296 valence electrons. The van der Waals surface area contributed by atoms with Gasteiger partial charge in [0.1, 0.15) is 13.2 Å². The second kappa shape index (κ2) is 40.4. The normalized spacial score (nSPS) is 12.3. The number of esters is 3. The van der Waals surface area contributed by atoms with E-state index < -0.39 is 6.10 Å². The second-order valence-corrected chi connectivity index (χ2v) is 14.3. The van der Waals surface area contributed by atoms with Crippen LogP contribution in [0.2, 0.25) is 0 Å². The fourth-order valence-corrected chi connectivity index (χ4v) is 5.86. The van der Waals surface area contributed by atoms with Gasteiger partial charge in [-0.3, -0.25) is 14.4 Å². The lowest BCUT2D eigenvalue weighted by atomic mass is 10.1. The smallest absolute Gasteiger partial charge is 0.306 e. The molecular formula is C45H80O6. The number of hydrogen-bond acceptors (Lipinski definition) is 6. The summed E-state index contributed by atoms with van der Waals surface area (Å²) in [7, 11) is 0. The van der Waals surface area contributed by atoms with Crippen LogP contribution in [-0.2, 0) is 28.6 Å². The van der Waals surface area contributed by atoms with Crippen molar-refractivity contribution < 1.29 is 28.6 Å². The number of unbranched alkanes of at least 4 members (excludes halogenated alkanes) is 21. The first-order valence-corrected chi connectivity index (χ1v) is 21.5. The van der Waals surface area contributed by atoms with Crippen LogP contribution in [0.5, 0.6) is 0 Å². The maximum atomic E-state index is 12.5. The van der Waals surface area contributed by atoms with E-state index in [4.69, 9.17) is 14.2 Å². The van der Waals surface area contributed by atoms with Crippen molar-refractivity contribution in [3.63, 3.8) is 0 Å². The van der Waals surface area contributed by atoms with E-state index in [1.54, 1.807) is 0 Å². The van der Waals surface area contributed by atoms with Gasteiger partial charge in [-0.1, -0.05) is 173 Å². The summed E-state index contributed by atoms with van der Waals surface area (Å²) < 4.78 is 16.5. The van der Waals surface area contributed by atoms with Gasteiger partial charge in [0.25, 0.3) is 0 Å². The molecule has 0 amide bonds. The number of carbonyl (C=O) groups is 3. The zero-order valence-electron chi connectivity index (χ0n) is 33.6. The van der Waals surface area contributed by atoms with Crippen LogP contribution in [0.25, 0.3) is 0 Å². The lowest BCUT2D eigenvalue weighted by Gasteiger charge is -2.18. The van der Waals surface area contributed by atoms with Crippen LogP contribution in [0.4, 0.5) is 0 Å². The zero-order valence-corrected chi connectivity index (χ0v) is 33.6. The fraction of sp³-hybridized carbons (Fsp3) is 0.800. The molecule has 0 aliphatic heterocycles. The zero-order chi connectivity index (χ0) is 37.3. The highest BCUT2D eigenvalue weighted by molar-refractivity contribution is 5.71. The highest BCUT2D eigenvalue weighted by Gasteiger charge is 2.19. The Morgan fingerprint density at radius 1 is 0.392 bits per heavy atom.